The fourth-order valence-electron chi connectivity index (χ4n) is 3.82. The first-order chi connectivity index (χ1) is 14.4. The van der Waals surface area contributed by atoms with E-state index in [1.807, 2.05) is 19.3 Å². The van der Waals surface area contributed by atoms with Crippen LogP contribution in [-0.2, 0) is 22.6 Å². The third kappa shape index (κ3) is 4.13. The van der Waals surface area contributed by atoms with Crippen LogP contribution >= 0.6 is 0 Å². The molecule has 0 saturated carbocycles. The van der Waals surface area contributed by atoms with Crippen molar-refractivity contribution in [3.63, 3.8) is 0 Å². The van der Waals surface area contributed by atoms with Gasteiger partial charge in [-0.2, -0.15) is 0 Å². The lowest BCUT2D eigenvalue weighted by Gasteiger charge is -2.17. The van der Waals surface area contributed by atoms with E-state index in [0.717, 1.165) is 40.6 Å². The number of carbonyl (C=O) groups excluding carboxylic acids is 2. The van der Waals surface area contributed by atoms with Gasteiger partial charge in [-0.15, -0.1) is 0 Å². The lowest BCUT2D eigenvalue weighted by molar-refractivity contribution is -0.125. The fraction of sp³-hybridized carbons (Fsp3) is 0.292. The Morgan fingerprint density at radius 2 is 2.03 bits per heavy atom. The van der Waals surface area contributed by atoms with Crippen LogP contribution in [0.15, 0.2) is 36.7 Å². The third-order valence-electron chi connectivity index (χ3n) is 5.64. The Morgan fingerprint density at radius 3 is 2.87 bits per heavy atom. The van der Waals surface area contributed by atoms with Crippen molar-refractivity contribution in [1.82, 2.24) is 14.9 Å². The van der Waals surface area contributed by atoms with Gasteiger partial charge in [-0.05, 0) is 78.8 Å². The van der Waals surface area contributed by atoms with E-state index in [9.17, 15) is 9.59 Å². The smallest absolute Gasteiger partial charge is 0.246 e. The van der Waals surface area contributed by atoms with Gasteiger partial charge in [0.2, 0.25) is 11.8 Å². The lowest BCUT2D eigenvalue weighted by Crippen LogP contribution is -2.24. The first-order valence-corrected chi connectivity index (χ1v) is 10.2. The number of aryl methyl sites for hydroxylation is 3. The van der Waals surface area contributed by atoms with Gasteiger partial charge in [0.15, 0.2) is 0 Å². The standard InChI is InChI=1S/C24H26N4O2/c1-15-9-21-20(16(2)12-25-21)11-19(15)14-28(3)23(30)8-7-17-10-18-5-4-6-22(29)27-24(18)26-13-17/h7-13,25H,4-6,14H2,1-3H3,(H,26,27,29). The van der Waals surface area contributed by atoms with Crippen LogP contribution in [0.25, 0.3) is 17.0 Å². The van der Waals surface area contributed by atoms with Crippen LogP contribution in [0.1, 0.15) is 40.7 Å². The molecule has 0 saturated heterocycles. The highest BCUT2D eigenvalue weighted by atomic mass is 16.2. The number of nitrogens with zero attached hydrogens (tertiary/aromatic N) is 2. The Morgan fingerprint density at radius 1 is 1.20 bits per heavy atom. The number of carbonyl (C=O) groups is 2. The molecular formula is C24H26N4O2. The number of pyridine rings is 1. The van der Waals surface area contributed by atoms with Crippen molar-refractivity contribution in [2.24, 2.45) is 0 Å². The van der Waals surface area contributed by atoms with Crippen molar-refractivity contribution in [3.05, 3.63) is 64.5 Å². The predicted octanol–water partition coefficient (Wildman–Crippen LogP) is 4.13. The summed E-state index contributed by atoms with van der Waals surface area (Å²) in [6.45, 7) is 4.69. The third-order valence-corrected chi connectivity index (χ3v) is 5.64. The molecule has 0 fully saturated rings. The van der Waals surface area contributed by atoms with Crippen molar-refractivity contribution >= 4 is 34.6 Å². The van der Waals surface area contributed by atoms with Crippen molar-refractivity contribution in [1.29, 1.82) is 0 Å². The molecule has 0 spiro atoms. The molecule has 3 aromatic rings. The summed E-state index contributed by atoms with van der Waals surface area (Å²) in [7, 11) is 1.81. The summed E-state index contributed by atoms with van der Waals surface area (Å²) in [6, 6.07) is 6.28. The minimum absolute atomic E-state index is 0.00431. The first-order valence-electron chi connectivity index (χ1n) is 10.2. The van der Waals surface area contributed by atoms with Crippen LogP contribution in [0, 0.1) is 13.8 Å². The van der Waals surface area contributed by atoms with Gasteiger partial charge >= 0.3 is 0 Å². The summed E-state index contributed by atoms with van der Waals surface area (Å²) >= 11 is 0. The van der Waals surface area contributed by atoms with Gasteiger partial charge < -0.3 is 15.2 Å². The number of nitrogens with one attached hydrogen (secondary N) is 2. The van der Waals surface area contributed by atoms with Crippen molar-refractivity contribution in [3.8, 4) is 0 Å². The minimum Gasteiger partial charge on any atom is -0.361 e. The Hall–Kier alpha value is -3.41. The average Bonchev–Trinajstić information content (AvgIpc) is 2.95. The second kappa shape index (κ2) is 8.14. The molecule has 3 heterocycles. The predicted molar refractivity (Wildman–Crippen MR) is 119 cm³/mol. The van der Waals surface area contributed by atoms with Gasteiger partial charge in [0.25, 0.3) is 0 Å². The number of likely N-dealkylation sites (N-methyl/N-ethyl adjacent to an activating group) is 1. The van der Waals surface area contributed by atoms with E-state index in [0.29, 0.717) is 18.8 Å². The van der Waals surface area contributed by atoms with E-state index < -0.39 is 0 Å². The number of fused-ring (bicyclic) bond motifs is 2. The zero-order valence-electron chi connectivity index (χ0n) is 17.6. The van der Waals surface area contributed by atoms with E-state index >= 15 is 0 Å². The highest BCUT2D eigenvalue weighted by Crippen LogP contribution is 2.24. The maximum absolute atomic E-state index is 12.7. The largest absolute Gasteiger partial charge is 0.361 e. The quantitative estimate of drug-likeness (QED) is 0.644. The Kier molecular flexibility index (Phi) is 5.40. The summed E-state index contributed by atoms with van der Waals surface area (Å²) in [5.74, 6) is 0.567. The summed E-state index contributed by atoms with van der Waals surface area (Å²) in [5, 5.41) is 4.02. The molecule has 0 aliphatic carbocycles. The van der Waals surface area contributed by atoms with Gasteiger partial charge in [-0.3, -0.25) is 9.59 Å². The highest BCUT2D eigenvalue weighted by Gasteiger charge is 2.14. The van der Waals surface area contributed by atoms with Crippen LogP contribution in [0.3, 0.4) is 0 Å². The van der Waals surface area contributed by atoms with Crippen LogP contribution in [0.4, 0.5) is 5.82 Å². The van der Waals surface area contributed by atoms with E-state index in [-0.39, 0.29) is 11.8 Å². The number of anilines is 1. The van der Waals surface area contributed by atoms with Crippen LogP contribution < -0.4 is 5.32 Å². The topological polar surface area (TPSA) is 78.1 Å². The normalized spacial score (nSPS) is 13.9. The number of benzene rings is 1. The van der Waals surface area contributed by atoms with Crippen LogP contribution in [0.2, 0.25) is 0 Å². The number of aromatic nitrogens is 2. The summed E-state index contributed by atoms with van der Waals surface area (Å²) in [6.07, 6.45) is 9.17. The summed E-state index contributed by atoms with van der Waals surface area (Å²) < 4.78 is 0. The summed E-state index contributed by atoms with van der Waals surface area (Å²) in [4.78, 5) is 33.7. The molecule has 6 heteroatoms. The lowest BCUT2D eigenvalue weighted by atomic mass is 10.0. The van der Waals surface area contributed by atoms with Crippen molar-refractivity contribution < 1.29 is 9.59 Å². The first kappa shape index (κ1) is 19.9. The second-order valence-electron chi connectivity index (χ2n) is 8.00. The minimum atomic E-state index is -0.0662. The van der Waals surface area contributed by atoms with Gasteiger partial charge in [-0.25, -0.2) is 4.98 Å². The number of amides is 2. The molecule has 2 N–H and O–H groups in total. The molecule has 4 rings (SSSR count). The second-order valence-corrected chi connectivity index (χ2v) is 8.00. The fourth-order valence-corrected chi connectivity index (χ4v) is 3.82. The molecule has 2 aromatic heterocycles. The molecule has 0 atom stereocenters. The molecule has 0 unspecified atom stereocenters. The van der Waals surface area contributed by atoms with E-state index in [1.54, 1.807) is 23.2 Å². The van der Waals surface area contributed by atoms with E-state index in [1.165, 1.54) is 10.9 Å². The molecule has 30 heavy (non-hydrogen) atoms. The van der Waals surface area contributed by atoms with Crippen LogP contribution in [0.5, 0.6) is 0 Å². The maximum Gasteiger partial charge on any atom is 0.246 e. The number of aromatic amines is 1. The van der Waals surface area contributed by atoms with Crippen molar-refractivity contribution in [2.75, 3.05) is 12.4 Å². The zero-order valence-corrected chi connectivity index (χ0v) is 17.6. The zero-order chi connectivity index (χ0) is 21.3. The van der Waals surface area contributed by atoms with E-state index in [2.05, 4.69) is 41.3 Å². The van der Waals surface area contributed by atoms with Gasteiger partial charge in [0, 0.05) is 49.4 Å². The van der Waals surface area contributed by atoms with Gasteiger partial charge in [0.1, 0.15) is 5.82 Å². The maximum atomic E-state index is 12.7. The number of hydrogen-bond donors (Lipinski definition) is 2. The monoisotopic (exact) mass is 402 g/mol. The SMILES string of the molecule is Cc1cc2[nH]cc(C)c2cc1CN(C)C(=O)C=Cc1cnc2c(c1)CCCC(=O)N2. The molecule has 1 aliphatic heterocycles. The average molecular weight is 402 g/mol. The Bertz CT molecular complexity index is 1160. The Labute approximate surface area is 176 Å². The Balaban J connectivity index is 1.47. The van der Waals surface area contributed by atoms with Crippen molar-refractivity contribution in [2.45, 2.75) is 39.7 Å². The molecule has 0 radical (unpaired) electrons. The van der Waals surface area contributed by atoms with Crippen LogP contribution in [-0.4, -0.2) is 33.7 Å². The molecule has 154 valence electrons. The number of H-pyrrole nitrogens is 1. The molecule has 1 aromatic carbocycles. The molecule has 2 amide bonds. The summed E-state index contributed by atoms with van der Waals surface area (Å²) in [5.41, 5.74) is 6.48. The molecule has 6 nitrogen and oxygen atoms in total. The number of rotatable bonds is 4. The number of hydrogen-bond acceptors (Lipinski definition) is 3. The highest BCUT2D eigenvalue weighted by molar-refractivity contribution is 5.93. The molecule has 0 bridgehead atoms. The van der Waals surface area contributed by atoms with E-state index in [4.69, 9.17) is 0 Å². The van der Waals surface area contributed by atoms with Gasteiger partial charge in [-0.1, -0.05) is 0 Å². The molecule has 1 aliphatic rings. The van der Waals surface area contributed by atoms with Gasteiger partial charge in [0.05, 0.1) is 0 Å². The molecular weight excluding hydrogens is 376 g/mol.